The van der Waals surface area contributed by atoms with Crippen LogP contribution in [-0.2, 0) is 6.54 Å². The summed E-state index contributed by atoms with van der Waals surface area (Å²) in [4.78, 5) is 2.48. The minimum atomic E-state index is -0.163. The van der Waals surface area contributed by atoms with Gasteiger partial charge in [0.15, 0.2) is 0 Å². The number of likely N-dealkylation sites (tertiary alicyclic amines) is 1. The Morgan fingerprint density at radius 2 is 1.79 bits per heavy atom. The number of benzene rings is 1. The lowest BCUT2D eigenvalue weighted by atomic mass is 9.99. The van der Waals surface area contributed by atoms with Crippen LogP contribution >= 0.6 is 0 Å². The summed E-state index contributed by atoms with van der Waals surface area (Å²) in [6.07, 6.45) is 7.11. The van der Waals surface area contributed by atoms with Crippen LogP contribution in [0.3, 0.4) is 0 Å². The number of nitriles is 1. The molecule has 1 saturated carbocycles. The van der Waals surface area contributed by atoms with Crippen molar-refractivity contribution in [3.05, 3.63) is 35.4 Å². The fourth-order valence-electron chi connectivity index (χ4n) is 4.03. The SMILES string of the molecule is N#Cc1ccc(CN2CCC(NCC(O)C3CCCC3)CC2)cc1. The van der Waals surface area contributed by atoms with Crippen LogP contribution in [0.5, 0.6) is 0 Å². The molecule has 3 rings (SSSR count). The molecule has 1 aliphatic carbocycles. The maximum Gasteiger partial charge on any atom is 0.0991 e. The number of aliphatic hydroxyl groups excluding tert-OH is 1. The molecule has 0 bridgehead atoms. The molecule has 24 heavy (non-hydrogen) atoms. The predicted octanol–water partition coefficient (Wildman–Crippen LogP) is 2.66. The van der Waals surface area contributed by atoms with Crippen molar-refractivity contribution in [3.8, 4) is 6.07 Å². The molecule has 0 radical (unpaired) electrons. The van der Waals surface area contributed by atoms with Gasteiger partial charge in [0.05, 0.1) is 17.7 Å². The van der Waals surface area contributed by atoms with Gasteiger partial charge in [0.1, 0.15) is 0 Å². The van der Waals surface area contributed by atoms with Crippen molar-refractivity contribution in [3.63, 3.8) is 0 Å². The molecule has 1 heterocycles. The first-order valence-corrected chi connectivity index (χ1v) is 9.37. The fourth-order valence-corrected chi connectivity index (χ4v) is 4.03. The second-order valence-corrected chi connectivity index (χ2v) is 7.38. The maximum atomic E-state index is 10.3. The molecule has 1 aromatic rings. The molecule has 1 unspecified atom stereocenters. The van der Waals surface area contributed by atoms with Crippen molar-refractivity contribution < 1.29 is 5.11 Å². The van der Waals surface area contributed by atoms with Crippen molar-refractivity contribution in [1.82, 2.24) is 10.2 Å². The third-order valence-corrected chi connectivity index (χ3v) is 5.64. The molecule has 4 heteroatoms. The lowest BCUT2D eigenvalue weighted by Crippen LogP contribution is -2.45. The number of hydrogen-bond acceptors (Lipinski definition) is 4. The van der Waals surface area contributed by atoms with E-state index in [0.29, 0.717) is 12.0 Å². The Balaban J connectivity index is 1.36. The minimum Gasteiger partial charge on any atom is -0.392 e. The zero-order chi connectivity index (χ0) is 16.8. The minimum absolute atomic E-state index is 0.163. The first kappa shape index (κ1) is 17.4. The third-order valence-electron chi connectivity index (χ3n) is 5.64. The van der Waals surface area contributed by atoms with E-state index < -0.39 is 0 Å². The predicted molar refractivity (Wildman–Crippen MR) is 95.4 cm³/mol. The van der Waals surface area contributed by atoms with Gasteiger partial charge in [0.25, 0.3) is 0 Å². The highest BCUT2D eigenvalue weighted by molar-refractivity contribution is 5.31. The number of nitrogens with zero attached hydrogens (tertiary/aromatic N) is 2. The van der Waals surface area contributed by atoms with Crippen LogP contribution in [-0.4, -0.2) is 41.8 Å². The van der Waals surface area contributed by atoms with Crippen LogP contribution in [0.1, 0.15) is 49.7 Å². The summed E-state index contributed by atoms with van der Waals surface area (Å²) in [5.74, 6) is 0.522. The molecule has 2 N–H and O–H groups in total. The average Bonchev–Trinajstić information content (AvgIpc) is 3.16. The summed E-state index contributed by atoms with van der Waals surface area (Å²) in [6, 6.07) is 10.6. The highest BCUT2D eigenvalue weighted by atomic mass is 16.3. The van der Waals surface area contributed by atoms with Gasteiger partial charge in [-0.2, -0.15) is 5.26 Å². The topological polar surface area (TPSA) is 59.3 Å². The molecular formula is C20H29N3O. The van der Waals surface area contributed by atoms with Gasteiger partial charge in [-0.3, -0.25) is 4.90 Å². The van der Waals surface area contributed by atoms with E-state index in [1.54, 1.807) is 0 Å². The number of piperidine rings is 1. The molecule has 1 aliphatic heterocycles. The molecule has 0 aromatic heterocycles. The van der Waals surface area contributed by atoms with Gasteiger partial charge in [0, 0.05) is 19.1 Å². The second kappa shape index (κ2) is 8.62. The van der Waals surface area contributed by atoms with Gasteiger partial charge in [-0.1, -0.05) is 25.0 Å². The molecule has 1 saturated heterocycles. The molecule has 1 aromatic carbocycles. The van der Waals surface area contributed by atoms with Crippen LogP contribution in [0.2, 0.25) is 0 Å². The van der Waals surface area contributed by atoms with Gasteiger partial charge < -0.3 is 10.4 Å². The summed E-state index contributed by atoms with van der Waals surface area (Å²) < 4.78 is 0. The largest absolute Gasteiger partial charge is 0.392 e. The molecule has 2 aliphatic rings. The summed E-state index contributed by atoms with van der Waals surface area (Å²) in [5, 5.41) is 22.7. The molecule has 0 spiro atoms. The third kappa shape index (κ3) is 4.80. The molecular weight excluding hydrogens is 298 g/mol. The monoisotopic (exact) mass is 327 g/mol. The molecule has 0 amide bonds. The zero-order valence-electron chi connectivity index (χ0n) is 14.5. The smallest absolute Gasteiger partial charge is 0.0991 e. The Bertz CT molecular complexity index is 537. The lowest BCUT2D eigenvalue weighted by Gasteiger charge is -2.33. The van der Waals surface area contributed by atoms with Gasteiger partial charge in [-0.25, -0.2) is 0 Å². The Kier molecular flexibility index (Phi) is 6.25. The highest BCUT2D eigenvalue weighted by Crippen LogP contribution is 2.27. The van der Waals surface area contributed by atoms with Gasteiger partial charge in [-0.15, -0.1) is 0 Å². The van der Waals surface area contributed by atoms with Gasteiger partial charge >= 0.3 is 0 Å². The number of hydrogen-bond donors (Lipinski definition) is 2. The fraction of sp³-hybridized carbons (Fsp3) is 0.650. The Hall–Kier alpha value is -1.41. The lowest BCUT2D eigenvalue weighted by molar-refractivity contribution is 0.0993. The van der Waals surface area contributed by atoms with Crippen molar-refractivity contribution in [2.45, 2.75) is 57.2 Å². The van der Waals surface area contributed by atoms with Crippen LogP contribution in [0.25, 0.3) is 0 Å². The molecule has 130 valence electrons. The van der Waals surface area contributed by atoms with E-state index >= 15 is 0 Å². The summed E-state index contributed by atoms with van der Waals surface area (Å²) in [7, 11) is 0. The van der Waals surface area contributed by atoms with E-state index in [1.807, 2.05) is 12.1 Å². The van der Waals surface area contributed by atoms with E-state index in [0.717, 1.165) is 44.6 Å². The van der Waals surface area contributed by atoms with E-state index in [2.05, 4.69) is 28.4 Å². The van der Waals surface area contributed by atoms with Crippen molar-refractivity contribution >= 4 is 0 Å². The molecule has 2 fully saturated rings. The van der Waals surface area contributed by atoms with Crippen LogP contribution in [0, 0.1) is 17.2 Å². The highest BCUT2D eigenvalue weighted by Gasteiger charge is 2.25. The van der Waals surface area contributed by atoms with Gasteiger partial charge in [0.2, 0.25) is 0 Å². The first-order chi connectivity index (χ1) is 11.7. The van der Waals surface area contributed by atoms with Crippen LogP contribution < -0.4 is 5.32 Å². The Morgan fingerprint density at radius 3 is 2.42 bits per heavy atom. The summed E-state index contributed by atoms with van der Waals surface area (Å²) in [5.41, 5.74) is 2.00. The Labute approximate surface area is 145 Å². The molecule has 1 atom stereocenters. The number of rotatable bonds is 6. The summed E-state index contributed by atoms with van der Waals surface area (Å²) in [6.45, 7) is 3.91. The quantitative estimate of drug-likeness (QED) is 0.843. The van der Waals surface area contributed by atoms with E-state index in [-0.39, 0.29) is 6.10 Å². The van der Waals surface area contributed by atoms with Crippen molar-refractivity contribution in [2.75, 3.05) is 19.6 Å². The van der Waals surface area contributed by atoms with E-state index in [1.165, 1.54) is 31.2 Å². The maximum absolute atomic E-state index is 10.3. The first-order valence-electron chi connectivity index (χ1n) is 9.37. The number of aliphatic hydroxyl groups is 1. The zero-order valence-corrected chi connectivity index (χ0v) is 14.5. The normalized spacial score (nSPS) is 21.7. The van der Waals surface area contributed by atoms with Gasteiger partial charge in [-0.05, 0) is 62.4 Å². The number of nitrogens with one attached hydrogen (secondary N) is 1. The average molecular weight is 327 g/mol. The van der Waals surface area contributed by atoms with Crippen molar-refractivity contribution in [1.29, 1.82) is 5.26 Å². The summed E-state index contributed by atoms with van der Waals surface area (Å²) >= 11 is 0. The van der Waals surface area contributed by atoms with Crippen molar-refractivity contribution in [2.24, 2.45) is 5.92 Å². The Morgan fingerprint density at radius 1 is 1.12 bits per heavy atom. The van der Waals surface area contributed by atoms with Crippen LogP contribution in [0.15, 0.2) is 24.3 Å². The molecule has 4 nitrogen and oxygen atoms in total. The second-order valence-electron chi connectivity index (χ2n) is 7.38. The van der Waals surface area contributed by atoms with E-state index in [9.17, 15) is 5.11 Å². The van der Waals surface area contributed by atoms with Crippen LogP contribution in [0.4, 0.5) is 0 Å². The van der Waals surface area contributed by atoms with E-state index in [4.69, 9.17) is 5.26 Å². The standard InChI is InChI=1S/C20H29N3O/c21-13-16-5-7-17(8-6-16)15-23-11-9-19(10-12-23)22-14-20(24)18-3-1-2-4-18/h5-8,18-20,22,24H,1-4,9-12,14-15H2.